The largest absolute Gasteiger partial charge is 0.497 e. The molecule has 0 saturated carbocycles. The Morgan fingerprint density at radius 1 is 1.15 bits per heavy atom. The molecule has 1 aromatic rings. The van der Waals surface area contributed by atoms with E-state index >= 15 is 0 Å². The Morgan fingerprint density at radius 3 is 2.08 bits per heavy atom. The number of hydrogen-bond donors (Lipinski definition) is 0. The molecule has 1 nitrogen and oxygen atoms in total. The lowest BCUT2D eigenvalue weighted by molar-refractivity contribution is -0.0328. The number of hydrogen-bond acceptors (Lipinski definition) is 2. The van der Waals surface area contributed by atoms with Crippen LogP contribution in [0.3, 0.4) is 0 Å². The molecule has 72 valence electrons. The quantitative estimate of drug-likeness (QED) is 0.689. The molecular formula is C8H7F3OS. The van der Waals surface area contributed by atoms with Crippen molar-refractivity contribution in [2.45, 2.75) is 10.4 Å². The molecule has 0 aliphatic carbocycles. The molecular weight excluding hydrogens is 201 g/mol. The number of rotatable bonds is 2. The number of halogens is 3. The normalized spacial score (nSPS) is 11.4. The van der Waals surface area contributed by atoms with Gasteiger partial charge in [-0.3, -0.25) is 0 Å². The third kappa shape index (κ3) is 3.59. The first-order valence-corrected chi connectivity index (χ1v) is 4.23. The molecule has 0 fully saturated rings. The van der Waals surface area contributed by atoms with Crippen molar-refractivity contribution < 1.29 is 17.9 Å². The molecule has 0 spiro atoms. The lowest BCUT2D eigenvalue weighted by Crippen LogP contribution is -1.98. The van der Waals surface area contributed by atoms with Gasteiger partial charge in [0, 0.05) is 4.90 Å². The van der Waals surface area contributed by atoms with Crippen molar-refractivity contribution in [3.63, 3.8) is 0 Å². The lowest BCUT2D eigenvalue weighted by atomic mass is 10.3. The van der Waals surface area contributed by atoms with E-state index in [1.54, 1.807) is 0 Å². The number of alkyl halides is 3. The maximum atomic E-state index is 11.9. The second-order valence-electron chi connectivity index (χ2n) is 2.22. The zero-order chi connectivity index (χ0) is 9.90. The summed E-state index contributed by atoms with van der Waals surface area (Å²) in [7, 11) is 1.46. The predicted molar refractivity (Wildman–Crippen MR) is 44.9 cm³/mol. The van der Waals surface area contributed by atoms with Crippen LogP contribution in [0.5, 0.6) is 5.75 Å². The van der Waals surface area contributed by atoms with E-state index < -0.39 is 5.51 Å². The Hall–Kier alpha value is -0.840. The van der Waals surface area contributed by atoms with Crippen LogP contribution in [0.2, 0.25) is 0 Å². The summed E-state index contributed by atoms with van der Waals surface area (Å²) in [5.74, 6) is 0.548. The fourth-order valence-electron chi connectivity index (χ4n) is 0.777. The summed E-state index contributed by atoms with van der Waals surface area (Å²) in [6.45, 7) is 0. The Morgan fingerprint density at radius 2 is 1.69 bits per heavy atom. The maximum absolute atomic E-state index is 11.9. The molecule has 0 aromatic heterocycles. The van der Waals surface area contributed by atoms with Crippen LogP contribution in [-0.4, -0.2) is 12.6 Å². The first kappa shape index (κ1) is 10.2. The van der Waals surface area contributed by atoms with Gasteiger partial charge in [0.1, 0.15) is 5.75 Å². The summed E-state index contributed by atoms with van der Waals surface area (Å²) in [4.78, 5) is 0.160. The van der Waals surface area contributed by atoms with E-state index in [9.17, 15) is 13.2 Å². The van der Waals surface area contributed by atoms with E-state index in [1.807, 2.05) is 0 Å². The minimum Gasteiger partial charge on any atom is -0.497 e. The number of thioether (sulfide) groups is 1. The van der Waals surface area contributed by atoms with Gasteiger partial charge in [0.2, 0.25) is 0 Å². The first-order valence-electron chi connectivity index (χ1n) is 3.41. The first-order chi connectivity index (χ1) is 6.01. The predicted octanol–water partition coefficient (Wildman–Crippen LogP) is 3.31. The van der Waals surface area contributed by atoms with Crippen LogP contribution >= 0.6 is 11.8 Å². The van der Waals surface area contributed by atoms with Gasteiger partial charge in [-0.2, -0.15) is 13.2 Å². The zero-order valence-corrected chi connectivity index (χ0v) is 7.58. The van der Waals surface area contributed by atoms with Crippen molar-refractivity contribution in [2.75, 3.05) is 7.11 Å². The Balaban J connectivity index is 2.70. The van der Waals surface area contributed by atoms with E-state index in [-0.39, 0.29) is 16.7 Å². The molecule has 1 rings (SSSR count). The summed E-state index contributed by atoms with van der Waals surface area (Å²) in [6.07, 6.45) is 0. The van der Waals surface area contributed by atoms with Crippen LogP contribution in [0.25, 0.3) is 0 Å². The van der Waals surface area contributed by atoms with Gasteiger partial charge in [-0.05, 0) is 36.0 Å². The van der Waals surface area contributed by atoms with Gasteiger partial charge in [-0.15, -0.1) is 0 Å². The van der Waals surface area contributed by atoms with Crippen molar-refractivity contribution in [2.24, 2.45) is 0 Å². The molecule has 0 saturated heterocycles. The van der Waals surface area contributed by atoms with Crippen molar-refractivity contribution in [3.05, 3.63) is 24.3 Å². The van der Waals surface area contributed by atoms with Gasteiger partial charge in [0.05, 0.1) is 7.11 Å². The Bertz CT molecular complexity index is 268. The molecule has 0 unspecified atom stereocenters. The van der Waals surface area contributed by atoms with Gasteiger partial charge >= 0.3 is 5.51 Å². The van der Waals surface area contributed by atoms with E-state index in [2.05, 4.69) is 0 Å². The summed E-state index contributed by atoms with van der Waals surface area (Å²) in [6, 6.07) is 5.73. The highest BCUT2D eigenvalue weighted by Gasteiger charge is 2.28. The summed E-state index contributed by atoms with van der Waals surface area (Å²) in [5, 5.41) is 0. The Labute approximate surface area is 77.9 Å². The second-order valence-corrected chi connectivity index (χ2v) is 3.36. The van der Waals surface area contributed by atoms with E-state index in [1.165, 1.54) is 31.4 Å². The van der Waals surface area contributed by atoms with Crippen molar-refractivity contribution in [1.82, 2.24) is 0 Å². The molecule has 0 bridgehead atoms. The smallest absolute Gasteiger partial charge is 0.446 e. The van der Waals surface area contributed by atoms with Crippen molar-refractivity contribution in [1.29, 1.82) is 0 Å². The van der Waals surface area contributed by atoms with Gasteiger partial charge in [0.15, 0.2) is 0 Å². The average Bonchev–Trinajstić information content (AvgIpc) is 2.03. The maximum Gasteiger partial charge on any atom is 0.446 e. The fourth-order valence-corrected chi connectivity index (χ4v) is 1.32. The molecule has 0 heterocycles. The molecule has 0 N–H and O–H groups in total. The average molecular weight is 208 g/mol. The summed E-state index contributed by atoms with van der Waals surface area (Å²) < 4.78 is 40.4. The molecule has 5 heteroatoms. The molecule has 0 aliphatic heterocycles. The SMILES string of the molecule is COc1ccc(SC(F)(F)F)cc1. The highest BCUT2D eigenvalue weighted by atomic mass is 32.2. The van der Waals surface area contributed by atoms with Crippen LogP contribution in [0.1, 0.15) is 0 Å². The Kier molecular flexibility index (Phi) is 3.08. The minimum absolute atomic E-state index is 0.136. The van der Waals surface area contributed by atoms with Gasteiger partial charge < -0.3 is 4.74 Å². The van der Waals surface area contributed by atoms with Crippen LogP contribution in [-0.2, 0) is 0 Å². The standard InChI is InChI=1S/C8H7F3OS/c1-12-6-2-4-7(5-3-6)13-8(9,10)11/h2-5H,1H3. The lowest BCUT2D eigenvalue weighted by Gasteiger charge is -2.05. The van der Waals surface area contributed by atoms with E-state index in [0.29, 0.717) is 5.75 Å². The molecule has 1 aromatic carbocycles. The van der Waals surface area contributed by atoms with Crippen molar-refractivity contribution in [3.8, 4) is 5.75 Å². The van der Waals surface area contributed by atoms with E-state index in [4.69, 9.17) is 4.74 Å². The number of benzene rings is 1. The van der Waals surface area contributed by atoms with Crippen LogP contribution in [0.4, 0.5) is 13.2 Å². The van der Waals surface area contributed by atoms with Gasteiger partial charge in [0.25, 0.3) is 0 Å². The van der Waals surface area contributed by atoms with Crippen LogP contribution in [0, 0.1) is 0 Å². The molecule has 0 radical (unpaired) electrons. The number of methoxy groups -OCH3 is 1. The molecule has 13 heavy (non-hydrogen) atoms. The zero-order valence-electron chi connectivity index (χ0n) is 6.76. The topological polar surface area (TPSA) is 9.23 Å². The molecule has 0 atom stereocenters. The highest BCUT2D eigenvalue weighted by Crippen LogP contribution is 2.37. The third-order valence-electron chi connectivity index (χ3n) is 1.29. The minimum atomic E-state index is -4.23. The van der Waals surface area contributed by atoms with Gasteiger partial charge in [-0.25, -0.2) is 0 Å². The monoisotopic (exact) mass is 208 g/mol. The van der Waals surface area contributed by atoms with Crippen molar-refractivity contribution >= 4 is 11.8 Å². The highest BCUT2D eigenvalue weighted by molar-refractivity contribution is 8.00. The van der Waals surface area contributed by atoms with Crippen LogP contribution in [0.15, 0.2) is 29.2 Å². The van der Waals surface area contributed by atoms with Crippen LogP contribution < -0.4 is 4.74 Å². The third-order valence-corrected chi connectivity index (χ3v) is 2.03. The van der Waals surface area contributed by atoms with E-state index in [0.717, 1.165) is 0 Å². The number of ether oxygens (including phenoxy) is 1. The fraction of sp³-hybridized carbons (Fsp3) is 0.250. The summed E-state index contributed by atoms with van der Waals surface area (Å²) >= 11 is -0.136. The summed E-state index contributed by atoms with van der Waals surface area (Å²) in [5.41, 5.74) is -4.23. The molecule has 0 aliphatic rings. The molecule has 0 amide bonds. The second kappa shape index (κ2) is 3.91. The van der Waals surface area contributed by atoms with Gasteiger partial charge in [-0.1, -0.05) is 0 Å².